The molecule has 0 radical (unpaired) electrons. The Bertz CT molecular complexity index is 1150. The van der Waals surface area contributed by atoms with Gasteiger partial charge >= 0.3 is 0 Å². The minimum Gasteiger partial charge on any atom is -0.277 e. The molecule has 1 aliphatic heterocycles. The predicted octanol–water partition coefficient (Wildman–Crippen LogP) is 2.14. The topological polar surface area (TPSA) is 101 Å². The van der Waals surface area contributed by atoms with Crippen molar-refractivity contribution in [2.75, 3.05) is 14.8 Å². The molecule has 1 aliphatic rings. The monoisotopic (exact) mass is 416 g/mol. The Hall–Kier alpha value is -2.53. The summed E-state index contributed by atoms with van der Waals surface area (Å²) in [6, 6.07) is 6.02. The van der Waals surface area contributed by atoms with Crippen LogP contribution in [0.15, 0.2) is 41.3 Å². The van der Waals surface area contributed by atoms with Crippen LogP contribution in [0, 0.1) is 18.6 Å². The van der Waals surface area contributed by atoms with Crippen molar-refractivity contribution in [1.82, 2.24) is 0 Å². The normalized spacial score (nSPS) is 16.6. The zero-order chi connectivity index (χ0) is 20.0. The lowest BCUT2D eigenvalue weighted by atomic mass is 10.2. The van der Waals surface area contributed by atoms with Gasteiger partial charge in [0.1, 0.15) is 11.6 Å². The lowest BCUT2D eigenvalue weighted by Crippen LogP contribution is -2.29. The number of carbonyl (C=O) groups is 1. The number of hydrogen-bond acceptors (Lipinski definition) is 5. The van der Waals surface area contributed by atoms with Gasteiger partial charge in [-0.1, -0.05) is 6.07 Å². The maximum absolute atomic E-state index is 13.8. The number of sulfonamides is 2. The Morgan fingerprint density at radius 1 is 1.11 bits per heavy atom. The molecule has 1 saturated heterocycles. The van der Waals surface area contributed by atoms with Crippen LogP contribution in [-0.2, 0) is 24.8 Å². The van der Waals surface area contributed by atoms with Crippen LogP contribution in [0.3, 0.4) is 0 Å². The van der Waals surface area contributed by atoms with Crippen LogP contribution in [0.2, 0.25) is 0 Å². The highest BCUT2D eigenvalue weighted by Crippen LogP contribution is 2.30. The fourth-order valence-corrected chi connectivity index (χ4v) is 5.43. The molecule has 1 N–H and O–H groups in total. The molecule has 0 unspecified atom stereocenters. The van der Waals surface area contributed by atoms with E-state index in [1.54, 1.807) is 0 Å². The largest absolute Gasteiger partial charge is 0.277 e. The van der Waals surface area contributed by atoms with E-state index < -0.39 is 43.3 Å². The first kappa shape index (κ1) is 19.2. The van der Waals surface area contributed by atoms with Gasteiger partial charge in [0.15, 0.2) is 0 Å². The van der Waals surface area contributed by atoms with Gasteiger partial charge in [-0.05, 0) is 36.8 Å². The van der Waals surface area contributed by atoms with E-state index in [0.29, 0.717) is 10.4 Å². The molecule has 0 aromatic heterocycles. The van der Waals surface area contributed by atoms with Crippen molar-refractivity contribution >= 4 is 37.3 Å². The molecule has 2 aromatic carbocycles. The fraction of sp³-hybridized carbons (Fsp3) is 0.188. The van der Waals surface area contributed by atoms with Crippen molar-refractivity contribution in [2.24, 2.45) is 0 Å². The van der Waals surface area contributed by atoms with Gasteiger partial charge in [-0.2, -0.15) is 0 Å². The van der Waals surface area contributed by atoms with Gasteiger partial charge in [-0.25, -0.2) is 29.9 Å². The SMILES string of the molecule is Cc1ccc(N2C(=O)CCS2(=O)=O)cc1S(=O)(=O)Nc1ccc(F)cc1F. The second kappa shape index (κ2) is 6.57. The summed E-state index contributed by atoms with van der Waals surface area (Å²) in [5.41, 5.74) is -0.341. The van der Waals surface area contributed by atoms with E-state index in [1.165, 1.54) is 19.1 Å². The molecule has 0 saturated carbocycles. The van der Waals surface area contributed by atoms with Crippen LogP contribution in [0.1, 0.15) is 12.0 Å². The number of anilines is 2. The molecule has 0 atom stereocenters. The Labute approximate surface area is 154 Å². The molecule has 3 rings (SSSR count). The first-order valence-electron chi connectivity index (χ1n) is 7.66. The molecular formula is C16H14F2N2O5S2. The third-order valence-electron chi connectivity index (χ3n) is 3.95. The quantitative estimate of drug-likeness (QED) is 0.823. The zero-order valence-corrected chi connectivity index (χ0v) is 15.6. The summed E-state index contributed by atoms with van der Waals surface area (Å²) in [5, 5.41) is 0. The van der Waals surface area contributed by atoms with E-state index in [4.69, 9.17) is 0 Å². The fourth-order valence-electron chi connectivity index (χ4n) is 2.65. The standard InChI is InChI=1S/C16H14F2N2O5S2/c1-10-2-4-12(20-16(21)6-7-26(20,22)23)9-15(10)27(24,25)19-14-5-3-11(17)8-13(14)18/h2-5,8-9,19H,6-7H2,1H3. The summed E-state index contributed by atoms with van der Waals surface area (Å²) in [6.07, 6.45) is -0.197. The smallest absolute Gasteiger partial charge is 0.262 e. The molecule has 7 nitrogen and oxygen atoms in total. The van der Waals surface area contributed by atoms with E-state index in [0.717, 1.165) is 18.2 Å². The number of benzene rings is 2. The molecule has 1 fully saturated rings. The summed E-state index contributed by atoms with van der Waals surface area (Å²) >= 11 is 0. The summed E-state index contributed by atoms with van der Waals surface area (Å²) in [5.74, 6) is -3.00. The molecule has 1 heterocycles. The van der Waals surface area contributed by atoms with E-state index in [-0.39, 0.29) is 28.3 Å². The maximum Gasteiger partial charge on any atom is 0.262 e. The van der Waals surface area contributed by atoms with E-state index in [2.05, 4.69) is 0 Å². The lowest BCUT2D eigenvalue weighted by molar-refractivity contribution is -0.116. The molecule has 0 bridgehead atoms. The highest BCUT2D eigenvalue weighted by molar-refractivity contribution is 7.94. The van der Waals surface area contributed by atoms with Crippen molar-refractivity contribution in [3.05, 3.63) is 53.6 Å². The van der Waals surface area contributed by atoms with E-state index in [9.17, 15) is 30.4 Å². The Balaban J connectivity index is 2.04. The highest BCUT2D eigenvalue weighted by atomic mass is 32.2. The van der Waals surface area contributed by atoms with E-state index >= 15 is 0 Å². The summed E-state index contributed by atoms with van der Waals surface area (Å²) in [6.45, 7) is 1.46. The number of hydrogen-bond donors (Lipinski definition) is 1. The third kappa shape index (κ3) is 3.65. The van der Waals surface area contributed by atoms with Crippen LogP contribution in [0.4, 0.5) is 20.2 Å². The molecule has 144 valence electrons. The van der Waals surface area contributed by atoms with Crippen LogP contribution in [-0.4, -0.2) is 28.5 Å². The number of rotatable bonds is 4. The number of carbonyl (C=O) groups excluding carboxylic acids is 1. The van der Waals surface area contributed by atoms with Crippen molar-refractivity contribution in [3.63, 3.8) is 0 Å². The molecule has 0 spiro atoms. The summed E-state index contributed by atoms with van der Waals surface area (Å²) in [4.78, 5) is 11.6. The number of halogens is 2. The minimum absolute atomic E-state index is 0.122. The first-order chi connectivity index (χ1) is 12.5. The maximum atomic E-state index is 13.8. The number of nitrogens with one attached hydrogen (secondary N) is 1. The molecule has 0 aliphatic carbocycles. The average molecular weight is 416 g/mol. The molecule has 27 heavy (non-hydrogen) atoms. The van der Waals surface area contributed by atoms with Gasteiger partial charge in [0, 0.05) is 12.5 Å². The second-order valence-electron chi connectivity index (χ2n) is 5.90. The predicted molar refractivity (Wildman–Crippen MR) is 94.2 cm³/mol. The van der Waals surface area contributed by atoms with Gasteiger partial charge in [-0.15, -0.1) is 0 Å². The number of nitrogens with zero attached hydrogens (tertiary/aromatic N) is 1. The van der Waals surface area contributed by atoms with Gasteiger partial charge in [0.25, 0.3) is 10.0 Å². The molecular weight excluding hydrogens is 402 g/mol. The van der Waals surface area contributed by atoms with Gasteiger partial charge in [0.05, 0.1) is 22.0 Å². The molecule has 1 amide bonds. The van der Waals surface area contributed by atoms with Crippen LogP contribution < -0.4 is 9.03 Å². The zero-order valence-electron chi connectivity index (χ0n) is 13.9. The van der Waals surface area contributed by atoms with Crippen molar-refractivity contribution < 1.29 is 30.4 Å². The minimum atomic E-state index is -4.33. The van der Waals surface area contributed by atoms with Gasteiger partial charge in [-0.3, -0.25) is 9.52 Å². The Morgan fingerprint density at radius 2 is 1.81 bits per heavy atom. The number of amides is 1. The second-order valence-corrected chi connectivity index (χ2v) is 9.49. The van der Waals surface area contributed by atoms with Crippen LogP contribution in [0.25, 0.3) is 0 Å². The first-order valence-corrected chi connectivity index (χ1v) is 10.7. The Morgan fingerprint density at radius 3 is 2.41 bits per heavy atom. The highest BCUT2D eigenvalue weighted by Gasteiger charge is 2.37. The lowest BCUT2D eigenvalue weighted by Gasteiger charge is -2.17. The molecule has 11 heteroatoms. The average Bonchev–Trinajstić information content (AvgIpc) is 2.84. The van der Waals surface area contributed by atoms with Crippen molar-refractivity contribution in [2.45, 2.75) is 18.2 Å². The van der Waals surface area contributed by atoms with Crippen LogP contribution >= 0.6 is 0 Å². The van der Waals surface area contributed by atoms with Gasteiger partial charge < -0.3 is 0 Å². The van der Waals surface area contributed by atoms with Gasteiger partial charge in [0.2, 0.25) is 15.9 Å². The third-order valence-corrected chi connectivity index (χ3v) is 7.15. The molecule has 2 aromatic rings. The van der Waals surface area contributed by atoms with E-state index in [1.807, 2.05) is 4.72 Å². The van der Waals surface area contributed by atoms with Crippen molar-refractivity contribution in [3.8, 4) is 0 Å². The summed E-state index contributed by atoms with van der Waals surface area (Å²) in [7, 11) is -8.20. The van der Waals surface area contributed by atoms with Crippen molar-refractivity contribution in [1.29, 1.82) is 0 Å². The summed E-state index contributed by atoms with van der Waals surface area (Å²) < 4.78 is 78.7. The number of aryl methyl sites for hydroxylation is 1. The van der Waals surface area contributed by atoms with Crippen LogP contribution in [0.5, 0.6) is 0 Å². The Kier molecular flexibility index (Phi) is 4.68.